The number of hydrogen-bond donors (Lipinski definition) is 1. The number of ether oxygens (including phenoxy) is 2. The second-order valence-electron chi connectivity index (χ2n) is 4.20. The highest BCUT2D eigenvalue weighted by Crippen LogP contribution is 2.18. The summed E-state index contributed by atoms with van der Waals surface area (Å²) in [6.45, 7) is 0.00843. The first-order valence-corrected chi connectivity index (χ1v) is 6.12. The molecular weight excluding hydrogens is 283 g/mol. The van der Waals surface area contributed by atoms with Crippen molar-refractivity contribution in [3.63, 3.8) is 0 Å². The van der Waals surface area contributed by atoms with E-state index in [0.717, 1.165) is 11.0 Å². The summed E-state index contributed by atoms with van der Waals surface area (Å²) in [6.07, 6.45) is 0. The lowest BCUT2D eigenvalue weighted by atomic mass is 10.2. The second kappa shape index (κ2) is 6.21. The summed E-state index contributed by atoms with van der Waals surface area (Å²) in [5.74, 6) is -2.20. The zero-order valence-electron chi connectivity index (χ0n) is 11.2. The van der Waals surface area contributed by atoms with Crippen molar-refractivity contribution < 1.29 is 28.2 Å². The first-order valence-electron chi connectivity index (χ1n) is 6.12. The quantitative estimate of drug-likeness (QED) is 0.820. The minimum absolute atomic E-state index is 0.00337. The standard InChI is InChI=1S/C13H13FN2O5/c1-20-10-3-2-8(6-9(10)14)12(18)21-7-11(17)16-5-4-15-13(16)19/h2-3,6H,4-5,7H2,1H3,(H,15,19). The van der Waals surface area contributed by atoms with Crippen LogP contribution in [0.3, 0.4) is 0 Å². The maximum Gasteiger partial charge on any atom is 0.338 e. The normalized spacial score (nSPS) is 13.8. The lowest BCUT2D eigenvalue weighted by molar-refractivity contribution is -0.130. The van der Waals surface area contributed by atoms with E-state index in [1.807, 2.05) is 0 Å². The van der Waals surface area contributed by atoms with Crippen LogP contribution in [0, 0.1) is 5.82 Å². The molecule has 1 aliphatic rings. The molecule has 1 fully saturated rings. The van der Waals surface area contributed by atoms with E-state index in [9.17, 15) is 18.8 Å². The summed E-state index contributed by atoms with van der Waals surface area (Å²) < 4.78 is 22.9. The van der Waals surface area contributed by atoms with Crippen LogP contribution in [0.15, 0.2) is 18.2 Å². The molecule has 0 atom stereocenters. The molecule has 3 amide bonds. The van der Waals surface area contributed by atoms with Crippen molar-refractivity contribution in [1.29, 1.82) is 0 Å². The molecule has 1 aromatic carbocycles. The van der Waals surface area contributed by atoms with Gasteiger partial charge in [0.2, 0.25) is 0 Å². The molecule has 0 aliphatic carbocycles. The van der Waals surface area contributed by atoms with Gasteiger partial charge < -0.3 is 14.8 Å². The average molecular weight is 296 g/mol. The third kappa shape index (κ3) is 3.28. The van der Waals surface area contributed by atoms with Crippen molar-refractivity contribution in [2.75, 3.05) is 26.8 Å². The zero-order chi connectivity index (χ0) is 15.4. The van der Waals surface area contributed by atoms with Gasteiger partial charge in [0.1, 0.15) is 0 Å². The highest BCUT2D eigenvalue weighted by Gasteiger charge is 2.26. The van der Waals surface area contributed by atoms with Crippen LogP contribution < -0.4 is 10.1 Å². The highest BCUT2D eigenvalue weighted by molar-refractivity contribution is 5.98. The van der Waals surface area contributed by atoms with E-state index < -0.39 is 30.3 Å². The Hall–Kier alpha value is -2.64. The Morgan fingerprint density at radius 1 is 1.43 bits per heavy atom. The van der Waals surface area contributed by atoms with Gasteiger partial charge in [0.25, 0.3) is 5.91 Å². The Labute approximate surface area is 119 Å². The van der Waals surface area contributed by atoms with Crippen molar-refractivity contribution in [3.8, 4) is 5.75 Å². The van der Waals surface area contributed by atoms with E-state index in [-0.39, 0.29) is 17.9 Å². The number of nitrogens with one attached hydrogen (secondary N) is 1. The molecule has 21 heavy (non-hydrogen) atoms. The number of nitrogens with zero attached hydrogens (tertiary/aromatic N) is 1. The van der Waals surface area contributed by atoms with E-state index in [0.29, 0.717) is 6.54 Å². The van der Waals surface area contributed by atoms with Crippen molar-refractivity contribution in [1.82, 2.24) is 10.2 Å². The number of halogens is 1. The Kier molecular flexibility index (Phi) is 4.36. The summed E-state index contributed by atoms with van der Waals surface area (Å²) in [5.41, 5.74) is -0.0491. The number of urea groups is 1. The predicted molar refractivity (Wildman–Crippen MR) is 68.3 cm³/mol. The van der Waals surface area contributed by atoms with Crippen LogP contribution in [-0.4, -0.2) is 49.6 Å². The smallest absolute Gasteiger partial charge is 0.338 e. The average Bonchev–Trinajstić information content (AvgIpc) is 2.90. The van der Waals surface area contributed by atoms with Crippen molar-refractivity contribution >= 4 is 17.9 Å². The van der Waals surface area contributed by atoms with E-state index in [4.69, 9.17) is 9.47 Å². The van der Waals surface area contributed by atoms with Crippen LogP contribution in [0.25, 0.3) is 0 Å². The zero-order valence-corrected chi connectivity index (χ0v) is 11.2. The fourth-order valence-corrected chi connectivity index (χ4v) is 1.79. The Morgan fingerprint density at radius 2 is 2.19 bits per heavy atom. The summed E-state index contributed by atoms with van der Waals surface area (Å²) in [6, 6.07) is 3.03. The Bertz CT molecular complexity index is 590. The van der Waals surface area contributed by atoms with Gasteiger partial charge in [-0.25, -0.2) is 14.0 Å². The first kappa shape index (κ1) is 14.8. The maximum atomic E-state index is 13.4. The molecule has 0 radical (unpaired) electrons. The molecule has 2 rings (SSSR count). The lowest BCUT2D eigenvalue weighted by Gasteiger charge is -2.12. The number of methoxy groups -OCH3 is 1. The third-order valence-corrected chi connectivity index (χ3v) is 2.87. The molecule has 1 aromatic rings. The largest absolute Gasteiger partial charge is 0.494 e. The van der Waals surface area contributed by atoms with Gasteiger partial charge in [-0.15, -0.1) is 0 Å². The number of esters is 1. The van der Waals surface area contributed by atoms with Gasteiger partial charge in [0.15, 0.2) is 18.2 Å². The fraction of sp³-hybridized carbons (Fsp3) is 0.308. The number of carbonyl (C=O) groups excluding carboxylic acids is 3. The number of imide groups is 1. The SMILES string of the molecule is COc1ccc(C(=O)OCC(=O)N2CCNC2=O)cc1F. The van der Waals surface area contributed by atoms with E-state index in [2.05, 4.69) is 5.32 Å². The van der Waals surface area contributed by atoms with Crippen LogP contribution in [0.2, 0.25) is 0 Å². The van der Waals surface area contributed by atoms with Crippen molar-refractivity contribution in [2.45, 2.75) is 0 Å². The molecule has 1 N–H and O–H groups in total. The van der Waals surface area contributed by atoms with Gasteiger partial charge >= 0.3 is 12.0 Å². The molecule has 0 spiro atoms. The number of hydrogen-bond acceptors (Lipinski definition) is 5. The number of carbonyl (C=O) groups is 3. The molecule has 112 valence electrons. The summed E-state index contributed by atoms with van der Waals surface area (Å²) in [4.78, 5) is 35.5. The summed E-state index contributed by atoms with van der Waals surface area (Å²) in [5, 5.41) is 2.45. The lowest BCUT2D eigenvalue weighted by Crippen LogP contribution is -2.37. The van der Waals surface area contributed by atoms with Gasteiger partial charge in [0.05, 0.1) is 12.7 Å². The van der Waals surface area contributed by atoms with Crippen LogP contribution in [-0.2, 0) is 9.53 Å². The Morgan fingerprint density at radius 3 is 2.76 bits per heavy atom. The van der Waals surface area contributed by atoms with E-state index in [1.165, 1.54) is 19.2 Å². The first-order chi connectivity index (χ1) is 10.0. The van der Waals surface area contributed by atoms with Crippen LogP contribution in [0.1, 0.15) is 10.4 Å². The molecule has 1 aliphatic heterocycles. The molecule has 1 heterocycles. The van der Waals surface area contributed by atoms with Crippen LogP contribution >= 0.6 is 0 Å². The molecule has 8 heteroatoms. The summed E-state index contributed by atoms with van der Waals surface area (Å²) >= 11 is 0. The number of benzene rings is 1. The minimum Gasteiger partial charge on any atom is -0.494 e. The van der Waals surface area contributed by atoms with Crippen molar-refractivity contribution in [3.05, 3.63) is 29.6 Å². The number of rotatable bonds is 4. The van der Waals surface area contributed by atoms with Gasteiger partial charge in [-0.3, -0.25) is 9.69 Å². The van der Waals surface area contributed by atoms with Gasteiger partial charge in [-0.05, 0) is 18.2 Å². The third-order valence-electron chi connectivity index (χ3n) is 2.87. The van der Waals surface area contributed by atoms with Crippen LogP contribution in [0.5, 0.6) is 5.75 Å². The maximum absolute atomic E-state index is 13.4. The fourth-order valence-electron chi connectivity index (χ4n) is 1.79. The van der Waals surface area contributed by atoms with Crippen LogP contribution in [0.4, 0.5) is 9.18 Å². The molecule has 0 saturated carbocycles. The minimum atomic E-state index is -0.857. The molecular formula is C13H13FN2O5. The van der Waals surface area contributed by atoms with Gasteiger partial charge in [0, 0.05) is 13.1 Å². The van der Waals surface area contributed by atoms with E-state index in [1.54, 1.807) is 0 Å². The molecule has 1 saturated heterocycles. The molecule has 0 aromatic heterocycles. The van der Waals surface area contributed by atoms with Gasteiger partial charge in [-0.1, -0.05) is 0 Å². The van der Waals surface area contributed by atoms with Crippen molar-refractivity contribution in [2.24, 2.45) is 0 Å². The summed E-state index contributed by atoms with van der Waals surface area (Å²) in [7, 11) is 1.30. The molecule has 7 nitrogen and oxygen atoms in total. The van der Waals surface area contributed by atoms with Gasteiger partial charge in [-0.2, -0.15) is 0 Å². The Balaban J connectivity index is 1.94. The topological polar surface area (TPSA) is 84.9 Å². The predicted octanol–water partition coefficient (Wildman–Crippen LogP) is 0.543. The monoisotopic (exact) mass is 296 g/mol. The number of amides is 3. The molecule has 0 bridgehead atoms. The second-order valence-corrected chi connectivity index (χ2v) is 4.20. The highest BCUT2D eigenvalue weighted by atomic mass is 19.1. The van der Waals surface area contributed by atoms with E-state index >= 15 is 0 Å². The molecule has 0 unspecified atom stereocenters.